The van der Waals surface area contributed by atoms with Gasteiger partial charge in [-0.05, 0) is 72.6 Å². The topological polar surface area (TPSA) is 80.2 Å². The van der Waals surface area contributed by atoms with Crippen LogP contribution in [0.5, 0.6) is 11.5 Å². The minimum Gasteiger partial charge on any atom is -0.490 e. The summed E-state index contributed by atoms with van der Waals surface area (Å²) in [5.41, 5.74) is 4.89. The Labute approximate surface area is 233 Å². The molecule has 1 fully saturated rings. The maximum absolute atomic E-state index is 12.6. The van der Waals surface area contributed by atoms with Gasteiger partial charge in [0, 0.05) is 23.1 Å². The minimum absolute atomic E-state index is 0.0933. The number of benzene rings is 3. The molecule has 3 aromatic carbocycles. The van der Waals surface area contributed by atoms with Gasteiger partial charge in [-0.1, -0.05) is 45.2 Å². The predicted molar refractivity (Wildman–Crippen MR) is 149 cm³/mol. The Morgan fingerprint density at radius 2 is 1.86 bits per heavy atom. The lowest BCUT2D eigenvalue weighted by molar-refractivity contribution is -0.126. The van der Waals surface area contributed by atoms with Crippen molar-refractivity contribution >= 4 is 62.8 Å². The molecule has 1 N–H and O–H groups in total. The third-order valence-corrected chi connectivity index (χ3v) is 6.94. The van der Waals surface area contributed by atoms with Crippen LogP contribution in [0, 0.1) is 5.92 Å². The Balaban J connectivity index is 1.35. The molecule has 192 valence electrons. The zero-order valence-corrected chi connectivity index (χ0v) is 23.0. The molecule has 10 heteroatoms. The number of hydrogen-bond acceptors (Lipinski definition) is 5. The van der Waals surface area contributed by atoms with E-state index >= 15 is 0 Å². The molecule has 1 aliphatic rings. The molecule has 2 amide bonds. The van der Waals surface area contributed by atoms with E-state index in [0.29, 0.717) is 40.3 Å². The van der Waals surface area contributed by atoms with Crippen molar-refractivity contribution in [3.63, 3.8) is 0 Å². The number of anilines is 1. The van der Waals surface area contributed by atoms with Crippen molar-refractivity contribution in [1.29, 1.82) is 0 Å². The first-order valence-electron chi connectivity index (χ1n) is 11.6. The Bertz CT molecular complexity index is 1320. The molecule has 3 aromatic rings. The Morgan fingerprint density at radius 3 is 2.59 bits per heavy atom. The summed E-state index contributed by atoms with van der Waals surface area (Å²) in [7, 11) is 0. The molecule has 37 heavy (non-hydrogen) atoms. The highest BCUT2D eigenvalue weighted by molar-refractivity contribution is 9.10. The number of amides is 2. The van der Waals surface area contributed by atoms with E-state index in [1.54, 1.807) is 35.2 Å². The molecule has 0 saturated carbocycles. The minimum atomic E-state index is -0.482. The summed E-state index contributed by atoms with van der Waals surface area (Å²) in [4.78, 5) is 26.7. The second-order valence-electron chi connectivity index (χ2n) is 8.29. The van der Waals surface area contributed by atoms with Crippen LogP contribution in [0.2, 0.25) is 10.0 Å². The van der Waals surface area contributed by atoms with Gasteiger partial charge in [-0.25, -0.2) is 5.43 Å². The molecule has 0 aromatic heterocycles. The van der Waals surface area contributed by atoms with Crippen LogP contribution in [-0.4, -0.2) is 31.2 Å². The molecular formula is C27H24BrCl2N3O4. The predicted octanol–water partition coefficient (Wildman–Crippen LogP) is 6.24. The lowest BCUT2D eigenvalue weighted by atomic mass is 10.1. The molecule has 0 spiro atoms. The molecule has 1 atom stereocenters. The van der Waals surface area contributed by atoms with Crippen LogP contribution in [0.25, 0.3) is 0 Å². The summed E-state index contributed by atoms with van der Waals surface area (Å²) >= 11 is 15.4. The summed E-state index contributed by atoms with van der Waals surface area (Å²) in [6.45, 7) is 2.92. The van der Waals surface area contributed by atoms with Gasteiger partial charge < -0.3 is 14.4 Å². The summed E-state index contributed by atoms with van der Waals surface area (Å²) in [5.74, 6) is 0.223. The van der Waals surface area contributed by atoms with Crippen molar-refractivity contribution in [3.05, 3.63) is 86.3 Å². The monoisotopic (exact) mass is 603 g/mol. The van der Waals surface area contributed by atoms with E-state index in [1.165, 1.54) is 6.21 Å². The number of nitrogens with zero attached hydrogens (tertiary/aromatic N) is 2. The molecule has 4 rings (SSSR count). The van der Waals surface area contributed by atoms with Gasteiger partial charge in [0.25, 0.3) is 0 Å². The normalized spacial score (nSPS) is 15.3. The van der Waals surface area contributed by atoms with E-state index in [0.717, 1.165) is 15.7 Å². The van der Waals surface area contributed by atoms with Gasteiger partial charge in [0.2, 0.25) is 11.8 Å². The van der Waals surface area contributed by atoms with Crippen molar-refractivity contribution in [2.45, 2.75) is 20.0 Å². The number of carbonyl (C=O) groups is 2. The first-order valence-corrected chi connectivity index (χ1v) is 13.1. The van der Waals surface area contributed by atoms with Gasteiger partial charge in [0.1, 0.15) is 6.61 Å². The highest BCUT2D eigenvalue weighted by atomic mass is 79.9. The van der Waals surface area contributed by atoms with Gasteiger partial charge in [0.05, 0.1) is 28.8 Å². The lowest BCUT2D eigenvalue weighted by Gasteiger charge is -2.16. The van der Waals surface area contributed by atoms with Crippen molar-refractivity contribution in [1.82, 2.24) is 5.43 Å². The maximum Gasteiger partial charge on any atom is 0.245 e. The Morgan fingerprint density at radius 1 is 1.08 bits per heavy atom. The van der Waals surface area contributed by atoms with E-state index in [4.69, 9.17) is 32.7 Å². The van der Waals surface area contributed by atoms with Crippen LogP contribution in [0.4, 0.5) is 5.69 Å². The van der Waals surface area contributed by atoms with Crippen molar-refractivity contribution in [2.24, 2.45) is 11.0 Å². The third-order valence-electron chi connectivity index (χ3n) is 5.67. The molecule has 1 saturated heterocycles. The largest absolute Gasteiger partial charge is 0.490 e. The van der Waals surface area contributed by atoms with Crippen LogP contribution in [0.3, 0.4) is 0 Å². The number of hydrazone groups is 1. The highest BCUT2D eigenvalue weighted by Gasteiger charge is 2.35. The number of carbonyl (C=O) groups excluding carboxylic acids is 2. The van der Waals surface area contributed by atoms with E-state index < -0.39 is 5.92 Å². The number of hydrogen-bond donors (Lipinski definition) is 1. The standard InChI is InChI=1S/C27H24BrCl2N3O4/c1-2-36-25-12-17(4-10-24(25)37-16-18-3-9-22(29)23(30)11-18)14-31-32-27(35)19-13-26(34)33(15-19)21-7-5-20(28)6-8-21/h3-12,14,19H,2,13,15-16H2,1H3,(H,32,35)/b31-14-/t19-/m1/s1. The van der Waals surface area contributed by atoms with Gasteiger partial charge >= 0.3 is 0 Å². The summed E-state index contributed by atoms with van der Waals surface area (Å²) in [5, 5.41) is 5.03. The second kappa shape index (κ2) is 12.4. The van der Waals surface area contributed by atoms with Gasteiger partial charge in [-0.3, -0.25) is 9.59 Å². The fourth-order valence-corrected chi connectivity index (χ4v) is 4.38. The smallest absolute Gasteiger partial charge is 0.245 e. The maximum atomic E-state index is 12.6. The lowest BCUT2D eigenvalue weighted by Crippen LogP contribution is -2.30. The number of halogens is 3. The van der Waals surface area contributed by atoms with Crippen LogP contribution in [-0.2, 0) is 16.2 Å². The zero-order valence-electron chi connectivity index (χ0n) is 19.9. The first-order chi connectivity index (χ1) is 17.8. The molecule has 0 radical (unpaired) electrons. The molecule has 0 unspecified atom stereocenters. The summed E-state index contributed by atoms with van der Waals surface area (Å²) < 4.78 is 12.6. The van der Waals surface area contributed by atoms with Crippen LogP contribution < -0.4 is 19.8 Å². The van der Waals surface area contributed by atoms with E-state index in [9.17, 15) is 9.59 Å². The number of nitrogens with one attached hydrogen (secondary N) is 1. The summed E-state index contributed by atoms with van der Waals surface area (Å²) in [6, 6.07) is 18.1. The second-order valence-corrected chi connectivity index (χ2v) is 10.0. The Kier molecular flexibility index (Phi) is 9.08. The molecular weight excluding hydrogens is 581 g/mol. The number of rotatable bonds is 9. The SMILES string of the molecule is CCOc1cc(/C=N\NC(=O)[C@@H]2CC(=O)N(c3ccc(Br)cc3)C2)ccc1OCc1ccc(Cl)c(Cl)c1. The van der Waals surface area contributed by atoms with Crippen molar-refractivity contribution in [3.8, 4) is 11.5 Å². The van der Waals surface area contributed by atoms with Crippen LogP contribution >= 0.6 is 39.1 Å². The number of ether oxygens (including phenoxy) is 2. The van der Waals surface area contributed by atoms with Crippen LogP contribution in [0.15, 0.2) is 70.2 Å². The van der Waals surface area contributed by atoms with Gasteiger partial charge in [-0.15, -0.1) is 0 Å². The Hall–Kier alpha value is -3.07. The average Bonchev–Trinajstić information content (AvgIpc) is 3.28. The molecule has 7 nitrogen and oxygen atoms in total. The van der Waals surface area contributed by atoms with E-state index in [2.05, 4.69) is 26.5 Å². The fourth-order valence-electron chi connectivity index (χ4n) is 3.80. The van der Waals surface area contributed by atoms with Crippen molar-refractivity contribution < 1.29 is 19.1 Å². The van der Waals surface area contributed by atoms with E-state index in [-0.39, 0.29) is 24.8 Å². The van der Waals surface area contributed by atoms with Crippen molar-refractivity contribution in [2.75, 3.05) is 18.1 Å². The first kappa shape index (κ1) is 27.0. The quantitative estimate of drug-likeness (QED) is 0.232. The van der Waals surface area contributed by atoms with Gasteiger partial charge in [-0.2, -0.15) is 5.10 Å². The summed E-state index contributed by atoms with van der Waals surface area (Å²) in [6.07, 6.45) is 1.66. The van der Waals surface area contributed by atoms with Crippen LogP contribution in [0.1, 0.15) is 24.5 Å². The molecule has 1 aliphatic heterocycles. The zero-order chi connectivity index (χ0) is 26.4. The molecule has 1 heterocycles. The van der Waals surface area contributed by atoms with E-state index in [1.807, 2.05) is 37.3 Å². The molecule has 0 aliphatic carbocycles. The molecule has 0 bridgehead atoms. The highest BCUT2D eigenvalue weighted by Crippen LogP contribution is 2.30. The fraction of sp³-hybridized carbons (Fsp3) is 0.222. The average molecular weight is 605 g/mol. The third kappa shape index (κ3) is 7.03. The van der Waals surface area contributed by atoms with Gasteiger partial charge in [0.15, 0.2) is 11.5 Å².